The van der Waals surface area contributed by atoms with Gasteiger partial charge in [0.25, 0.3) is 6.01 Å². The summed E-state index contributed by atoms with van der Waals surface area (Å²) in [5.41, 5.74) is 4.42. The van der Waals surface area contributed by atoms with E-state index in [1.807, 2.05) is 13.8 Å². The van der Waals surface area contributed by atoms with Gasteiger partial charge in [-0.25, -0.2) is 4.98 Å². The number of aromatic nitrogens is 1. The molecule has 0 amide bonds. The maximum Gasteiger partial charge on any atom is 0.294 e. The van der Waals surface area contributed by atoms with Crippen molar-refractivity contribution < 1.29 is 9.15 Å². The van der Waals surface area contributed by atoms with Gasteiger partial charge in [0.15, 0.2) is 5.76 Å². The molecule has 4 heteroatoms. The van der Waals surface area contributed by atoms with Gasteiger partial charge in [0.2, 0.25) is 0 Å². The average Bonchev–Trinajstić information content (AvgIpc) is 2.81. The molecule has 1 aromatic heterocycles. The standard InChI is InChI=1S/C14H18N2O2/c1-8-6-9(2)12(13(17-5)10(8)3)11-7-16-14(15-4)18-11/h6-7H,1-5H3,(H,15,16). The molecule has 96 valence electrons. The number of nitrogens with one attached hydrogen (secondary N) is 1. The van der Waals surface area contributed by atoms with E-state index in [4.69, 9.17) is 9.15 Å². The number of benzene rings is 1. The third kappa shape index (κ3) is 1.94. The van der Waals surface area contributed by atoms with Crippen LogP contribution in [-0.4, -0.2) is 19.1 Å². The summed E-state index contributed by atoms with van der Waals surface area (Å²) in [7, 11) is 3.46. The van der Waals surface area contributed by atoms with Gasteiger partial charge >= 0.3 is 0 Å². The molecule has 0 aliphatic heterocycles. The largest absolute Gasteiger partial charge is 0.496 e. The van der Waals surface area contributed by atoms with Crippen LogP contribution in [0.2, 0.25) is 0 Å². The van der Waals surface area contributed by atoms with E-state index < -0.39 is 0 Å². The SMILES string of the molecule is CNc1ncc(-c2c(C)cc(C)c(C)c2OC)o1. The molecule has 0 aliphatic rings. The highest BCUT2D eigenvalue weighted by atomic mass is 16.5. The van der Waals surface area contributed by atoms with E-state index >= 15 is 0 Å². The Bertz CT molecular complexity index is 573. The van der Waals surface area contributed by atoms with Crippen molar-refractivity contribution in [3.63, 3.8) is 0 Å². The van der Waals surface area contributed by atoms with Crippen LogP contribution >= 0.6 is 0 Å². The van der Waals surface area contributed by atoms with Crippen molar-refractivity contribution in [1.82, 2.24) is 4.98 Å². The molecule has 1 aromatic carbocycles. The second-order valence-corrected chi connectivity index (χ2v) is 4.32. The summed E-state index contributed by atoms with van der Waals surface area (Å²) in [6.07, 6.45) is 1.71. The van der Waals surface area contributed by atoms with Crippen molar-refractivity contribution in [2.75, 3.05) is 19.5 Å². The summed E-state index contributed by atoms with van der Waals surface area (Å²) in [5, 5.41) is 2.88. The summed E-state index contributed by atoms with van der Waals surface area (Å²) in [6.45, 7) is 6.17. The second-order valence-electron chi connectivity index (χ2n) is 4.32. The van der Waals surface area contributed by atoms with E-state index in [-0.39, 0.29) is 0 Å². The predicted molar refractivity (Wildman–Crippen MR) is 72.2 cm³/mol. The topological polar surface area (TPSA) is 47.3 Å². The van der Waals surface area contributed by atoms with Gasteiger partial charge in [-0.05, 0) is 37.5 Å². The molecule has 18 heavy (non-hydrogen) atoms. The quantitative estimate of drug-likeness (QED) is 0.902. The molecule has 0 spiro atoms. The van der Waals surface area contributed by atoms with Gasteiger partial charge in [0.05, 0.1) is 18.9 Å². The van der Waals surface area contributed by atoms with E-state index in [2.05, 4.69) is 23.3 Å². The first-order chi connectivity index (χ1) is 8.58. The first-order valence-electron chi connectivity index (χ1n) is 5.87. The van der Waals surface area contributed by atoms with Crippen LogP contribution in [0.1, 0.15) is 16.7 Å². The highest BCUT2D eigenvalue weighted by molar-refractivity contribution is 5.73. The number of hydrogen-bond acceptors (Lipinski definition) is 4. The molecule has 0 atom stereocenters. The third-order valence-electron chi connectivity index (χ3n) is 3.16. The van der Waals surface area contributed by atoms with Crippen LogP contribution in [0, 0.1) is 20.8 Å². The third-order valence-corrected chi connectivity index (χ3v) is 3.16. The highest BCUT2D eigenvalue weighted by Gasteiger charge is 2.17. The number of rotatable bonds is 3. The van der Waals surface area contributed by atoms with Gasteiger partial charge in [-0.1, -0.05) is 6.07 Å². The lowest BCUT2D eigenvalue weighted by Gasteiger charge is -2.14. The summed E-state index contributed by atoms with van der Waals surface area (Å²) in [5.74, 6) is 1.57. The maximum absolute atomic E-state index is 5.63. The van der Waals surface area contributed by atoms with Gasteiger partial charge in [-0.15, -0.1) is 0 Å². The molecule has 0 aliphatic carbocycles. The molecular formula is C14H18N2O2. The molecule has 1 heterocycles. The van der Waals surface area contributed by atoms with Gasteiger partial charge in [-0.2, -0.15) is 0 Å². The van der Waals surface area contributed by atoms with Crippen LogP contribution in [0.15, 0.2) is 16.7 Å². The van der Waals surface area contributed by atoms with Crippen molar-refractivity contribution in [3.05, 3.63) is 29.0 Å². The van der Waals surface area contributed by atoms with Gasteiger partial charge in [0, 0.05) is 7.05 Å². The predicted octanol–water partition coefficient (Wildman–Crippen LogP) is 3.32. The molecule has 0 saturated carbocycles. The number of nitrogens with zero attached hydrogens (tertiary/aromatic N) is 1. The summed E-state index contributed by atoms with van der Waals surface area (Å²) < 4.78 is 11.2. The molecule has 1 N–H and O–H groups in total. The Labute approximate surface area is 107 Å². The number of methoxy groups -OCH3 is 1. The van der Waals surface area contributed by atoms with Crippen LogP contribution < -0.4 is 10.1 Å². The second kappa shape index (κ2) is 4.72. The lowest BCUT2D eigenvalue weighted by Crippen LogP contribution is -1.96. The fraction of sp³-hybridized carbons (Fsp3) is 0.357. The van der Waals surface area contributed by atoms with E-state index in [1.54, 1.807) is 20.4 Å². The van der Waals surface area contributed by atoms with Gasteiger partial charge in [-0.3, -0.25) is 0 Å². The smallest absolute Gasteiger partial charge is 0.294 e. The zero-order valence-electron chi connectivity index (χ0n) is 11.4. The first kappa shape index (κ1) is 12.5. The Morgan fingerprint density at radius 1 is 1.22 bits per heavy atom. The number of aryl methyl sites for hydroxylation is 2. The fourth-order valence-electron chi connectivity index (χ4n) is 2.12. The minimum atomic E-state index is 0.504. The molecule has 2 aromatic rings. The molecular weight excluding hydrogens is 228 g/mol. The van der Waals surface area contributed by atoms with E-state index in [0.29, 0.717) is 6.01 Å². The zero-order chi connectivity index (χ0) is 13.3. The number of ether oxygens (including phenoxy) is 1. The van der Waals surface area contributed by atoms with Crippen molar-refractivity contribution in [1.29, 1.82) is 0 Å². The monoisotopic (exact) mass is 246 g/mol. The van der Waals surface area contributed by atoms with Gasteiger partial charge in [0.1, 0.15) is 5.75 Å². The van der Waals surface area contributed by atoms with Crippen LogP contribution in [0.25, 0.3) is 11.3 Å². The Morgan fingerprint density at radius 3 is 2.50 bits per heavy atom. The Kier molecular flexibility index (Phi) is 3.28. The average molecular weight is 246 g/mol. The van der Waals surface area contributed by atoms with Crippen LogP contribution in [0.3, 0.4) is 0 Å². The van der Waals surface area contributed by atoms with Crippen molar-refractivity contribution in [2.45, 2.75) is 20.8 Å². The van der Waals surface area contributed by atoms with Crippen molar-refractivity contribution >= 4 is 6.01 Å². The minimum absolute atomic E-state index is 0.504. The summed E-state index contributed by atoms with van der Waals surface area (Å²) in [4.78, 5) is 4.15. The minimum Gasteiger partial charge on any atom is -0.496 e. The van der Waals surface area contributed by atoms with Gasteiger partial charge < -0.3 is 14.5 Å². The Hall–Kier alpha value is -1.97. The molecule has 4 nitrogen and oxygen atoms in total. The molecule has 0 fully saturated rings. The van der Waals surface area contributed by atoms with Crippen molar-refractivity contribution in [2.24, 2.45) is 0 Å². The number of anilines is 1. The number of hydrogen-bond donors (Lipinski definition) is 1. The van der Waals surface area contributed by atoms with E-state index in [1.165, 1.54) is 5.56 Å². The van der Waals surface area contributed by atoms with E-state index in [9.17, 15) is 0 Å². The number of oxazole rings is 1. The normalized spacial score (nSPS) is 10.5. The molecule has 2 rings (SSSR count). The lowest BCUT2D eigenvalue weighted by atomic mass is 9.98. The summed E-state index contributed by atoms with van der Waals surface area (Å²) >= 11 is 0. The van der Waals surface area contributed by atoms with E-state index in [0.717, 1.165) is 28.2 Å². The van der Waals surface area contributed by atoms with Crippen LogP contribution in [0.4, 0.5) is 6.01 Å². The molecule has 0 unspecified atom stereocenters. The molecule has 0 radical (unpaired) electrons. The zero-order valence-corrected chi connectivity index (χ0v) is 11.4. The molecule has 0 bridgehead atoms. The first-order valence-corrected chi connectivity index (χ1v) is 5.87. The molecule has 0 saturated heterocycles. The van der Waals surface area contributed by atoms with Crippen LogP contribution in [0.5, 0.6) is 5.75 Å². The Morgan fingerprint density at radius 2 is 1.94 bits per heavy atom. The lowest BCUT2D eigenvalue weighted by molar-refractivity contribution is 0.411. The fourth-order valence-corrected chi connectivity index (χ4v) is 2.12. The highest BCUT2D eigenvalue weighted by Crippen LogP contribution is 2.38. The summed E-state index contributed by atoms with van der Waals surface area (Å²) in [6, 6.07) is 2.64. The maximum atomic E-state index is 5.63. The van der Waals surface area contributed by atoms with Crippen molar-refractivity contribution in [3.8, 4) is 17.1 Å². The Balaban J connectivity index is 2.66. The van der Waals surface area contributed by atoms with Crippen LogP contribution in [-0.2, 0) is 0 Å².